The minimum Gasteiger partial charge on any atom is -0.487 e. The lowest BCUT2D eigenvalue weighted by atomic mass is 10.0. The maximum Gasteiger partial charge on any atom is 0.407 e. The van der Waals surface area contributed by atoms with Crippen molar-refractivity contribution < 1.29 is 23.5 Å². The predicted octanol–water partition coefficient (Wildman–Crippen LogP) is 7.87. The molecule has 3 aromatic carbocycles. The summed E-state index contributed by atoms with van der Waals surface area (Å²) in [6, 6.07) is 19.2. The molecular formula is C36H36ClFN6O4. The number of nitrogens with zero attached hydrogens (tertiary/aromatic N) is 3. The zero-order chi connectivity index (χ0) is 33.8. The molecular weight excluding hydrogens is 635 g/mol. The molecule has 1 aliphatic heterocycles. The number of ether oxygens (including phenoxy) is 2. The van der Waals surface area contributed by atoms with Crippen molar-refractivity contribution in [3.63, 3.8) is 0 Å². The molecule has 2 aromatic heterocycles. The van der Waals surface area contributed by atoms with Crippen LogP contribution in [0.1, 0.15) is 49.7 Å². The van der Waals surface area contributed by atoms with Crippen LogP contribution in [0.25, 0.3) is 22.0 Å². The molecule has 0 radical (unpaired) electrons. The molecule has 0 aliphatic carbocycles. The molecule has 1 fully saturated rings. The largest absolute Gasteiger partial charge is 0.487 e. The number of aromatic nitrogens is 3. The van der Waals surface area contributed by atoms with Gasteiger partial charge in [0.25, 0.3) is 5.91 Å². The first-order chi connectivity index (χ1) is 23.0. The number of fused-ring (bicyclic) bond motifs is 1. The van der Waals surface area contributed by atoms with Crippen LogP contribution in [-0.2, 0) is 11.3 Å². The Morgan fingerprint density at radius 1 is 1.02 bits per heavy atom. The van der Waals surface area contributed by atoms with Crippen LogP contribution in [0.4, 0.5) is 20.7 Å². The summed E-state index contributed by atoms with van der Waals surface area (Å²) < 4.78 is 24.7. The van der Waals surface area contributed by atoms with Gasteiger partial charge in [-0.3, -0.25) is 4.79 Å². The summed E-state index contributed by atoms with van der Waals surface area (Å²) in [6.45, 7) is 6.72. The number of nitrogens with one attached hydrogen (secondary N) is 3. The second-order valence-corrected chi connectivity index (χ2v) is 13.1. The third-order valence-electron chi connectivity index (χ3n) is 7.86. The third-order valence-corrected chi connectivity index (χ3v) is 8.16. The van der Waals surface area contributed by atoms with Gasteiger partial charge < -0.3 is 30.0 Å². The average Bonchev–Trinajstić information content (AvgIpc) is 3.54. The Balaban J connectivity index is 1.11. The highest BCUT2D eigenvalue weighted by molar-refractivity contribution is 6.32. The second kappa shape index (κ2) is 13.9. The van der Waals surface area contributed by atoms with Gasteiger partial charge in [-0.1, -0.05) is 29.8 Å². The fourth-order valence-corrected chi connectivity index (χ4v) is 5.75. The summed E-state index contributed by atoms with van der Waals surface area (Å²) in [5.74, 6) is 0.640. The maximum atomic E-state index is 13.5. The van der Waals surface area contributed by atoms with Gasteiger partial charge in [0.05, 0.1) is 10.5 Å². The van der Waals surface area contributed by atoms with E-state index in [2.05, 4.69) is 25.6 Å². The van der Waals surface area contributed by atoms with E-state index in [1.54, 1.807) is 29.2 Å². The summed E-state index contributed by atoms with van der Waals surface area (Å²) in [5.41, 5.74) is 3.79. The van der Waals surface area contributed by atoms with E-state index >= 15 is 0 Å². The number of likely N-dealkylation sites (tertiary alicyclic amines) is 1. The minimum absolute atomic E-state index is 0.0419. The van der Waals surface area contributed by atoms with Crippen LogP contribution < -0.4 is 15.4 Å². The highest BCUT2D eigenvalue weighted by atomic mass is 35.5. The zero-order valence-electron chi connectivity index (χ0n) is 26.8. The highest BCUT2D eigenvalue weighted by Gasteiger charge is 2.27. The van der Waals surface area contributed by atoms with Crippen LogP contribution in [-0.4, -0.2) is 56.6 Å². The fourth-order valence-electron chi connectivity index (χ4n) is 5.51. The van der Waals surface area contributed by atoms with Gasteiger partial charge in [0, 0.05) is 36.4 Å². The molecule has 3 N–H and O–H groups in total. The van der Waals surface area contributed by atoms with E-state index in [0.717, 1.165) is 22.0 Å². The maximum absolute atomic E-state index is 13.5. The number of benzene rings is 3. The predicted molar refractivity (Wildman–Crippen MR) is 183 cm³/mol. The van der Waals surface area contributed by atoms with Crippen LogP contribution >= 0.6 is 11.6 Å². The lowest BCUT2D eigenvalue weighted by molar-refractivity contribution is 0.0473. The van der Waals surface area contributed by atoms with Crippen LogP contribution in [0.3, 0.4) is 0 Å². The van der Waals surface area contributed by atoms with Crippen LogP contribution in [0.15, 0.2) is 79.3 Å². The van der Waals surface area contributed by atoms with Gasteiger partial charge in [0.1, 0.15) is 41.6 Å². The van der Waals surface area contributed by atoms with Crippen LogP contribution in [0.5, 0.6) is 5.75 Å². The van der Waals surface area contributed by atoms with E-state index < -0.39 is 11.7 Å². The summed E-state index contributed by atoms with van der Waals surface area (Å²) in [4.78, 5) is 39.3. The lowest BCUT2D eigenvalue weighted by Crippen LogP contribution is -2.47. The number of halogens is 2. The van der Waals surface area contributed by atoms with Crippen molar-refractivity contribution in [3.05, 3.63) is 101 Å². The topological polar surface area (TPSA) is 121 Å². The molecule has 0 unspecified atom stereocenters. The summed E-state index contributed by atoms with van der Waals surface area (Å²) in [7, 11) is 0. The van der Waals surface area contributed by atoms with Crippen molar-refractivity contribution in [1.29, 1.82) is 0 Å². The Morgan fingerprint density at radius 2 is 1.83 bits per heavy atom. The molecule has 12 heteroatoms. The molecule has 3 heterocycles. The molecule has 2 amide bonds. The Morgan fingerprint density at radius 3 is 2.58 bits per heavy atom. The standard InChI is InChI=1S/C36H36ClFN6O4/c1-36(2,3)48-35(46)43-26-11-13-44(14-12-26)34(45)31-17-24(19-39-31)23-7-9-30-28(16-23)33(41-21-40-30)42-27-8-10-32(29(37)18-27)47-20-22-5-4-6-25(38)15-22/h4-10,15-19,21,26,39H,11-14,20H2,1-3H3,(H,43,46)(H,40,41,42). The summed E-state index contributed by atoms with van der Waals surface area (Å²) >= 11 is 6.52. The van der Waals surface area contributed by atoms with Crippen molar-refractivity contribution in [2.24, 2.45) is 0 Å². The van der Waals surface area contributed by atoms with Crippen LogP contribution in [0.2, 0.25) is 5.02 Å². The molecule has 0 saturated carbocycles. The van der Waals surface area contributed by atoms with E-state index in [1.807, 2.05) is 57.3 Å². The normalized spacial score (nSPS) is 13.7. The number of hydrogen-bond donors (Lipinski definition) is 3. The van der Waals surface area contributed by atoms with E-state index in [-0.39, 0.29) is 24.4 Å². The SMILES string of the molecule is CC(C)(C)OC(=O)NC1CCN(C(=O)c2cc(-c3ccc4ncnc(Nc5ccc(OCc6cccc(F)c6)c(Cl)c5)c4c3)c[nH]2)CC1. The molecule has 1 saturated heterocycles. The van der Waals surface area contributed by atoms with Gasteiger partial charge in [-0.2, -0.15) is 0 Å². The first-order valence-corrected chi connectivity index (χ1v) is 16.0. The number of rotatable bonds is 8. The number of piperidine rings is 1. The monoisotopic (exact) mass is 670 g/mol. The quantitative estimate of drug-likeness (QED) is 0.154. The van der Waals surface area contributed by atoms with Gasteiger partial charge in [-0.25, -0.2) is 19.2 Å². The molecule has 48 heavy (non-hydrogen) atoms. The van der Waals surface area contributed by atoms with Gasteiger partial charge in [-0.05, 0) is 98.8 Å². The molecule has 10 nitrogen and oxygen atoms in total. The molecule has 0 bridgehead atoms. The van der Waals surface area contributed by atoms with Gasteiger partial charge in [0.2, 0.25) is 0 Å². The lowest BCUT2D eigenvalue weighted by Gasteiger charge is -2.32. The first kappa shape index (κ1) is 32.8. The summed E-state index contributed by atoms with van der Waals surface area (Å²) in [6.07, 6.45) is 4.15. The van der Waals surface area contributed by atoms with Crippen molar-refractivity contribution in [2.45, 2.75) is 51.9 Å². The first-order valence-electron chi connectivity index (χ1n) is 15.7. The van der Waals surface area contributed by atoms with Crippen molar-refractivity contribution >= 4 is 46.0 Å². The van der Waals surface area contributed by atoms with E-state index in [9.17, 15) is 14.0 Å². The van der Waals surface area contributed by atoms with Gasteiger partial charge in [-0.15, -0.1) is 0 Å². The number of carbonyl (C=O) groups is 2. The Hall–Kier alpha value is -5.16. The van der Waals surface area contributed by atoms with Crippen LogP contribution in [0, 0.1) is 5.82 Å². The molecule has 248 valence electrons. The molecule has 5 aromatic rings. The number of aromatic amines is 1. The number of anilines is 2. The van der Waals surface area contributed by atoms with Crippen molar-refractivity contribution in [2.75, 3.05) is 18.4 Å². The van der Waals surface area contributed by atoms with Gasteiger partial charge in [0.15, 0.2) is 0 Å². The smallest absolute Gasteiger partial charge is 0.407 e. The third kappa shape index (κ3) is 8.03. The minimum atomic E-state index is -0.563. The Labute approximate surface area is 282 Å². The molecule has 0 atom stereocenters. The number of hydrogen-bond acceptors (Lipinski definition) is 7. The number of amides is 2. The molecule has 1 aliphatic rings. The summed E-state index contributed by atoms with van der Waals surface area (Å²) in [5, 5.41) is 7.41. The second-order valence-electron chi connectivity index (χ2n) is 12.7. The fraction of sp³-hybridized carbons (Fsp3) is 0.278. The number of H-pyrrole nitrogens is 1. The van der Waals surface area contributed by atoms with E-state index in [1.165, 1.54) is 18.5 Å². The van der Waals surface area contributed by atoms with E-state index in [0.29, 0.717) is 59.5 Å². The van der Waals surface area contributed by atoms with Gasteiger partial charge >= 0.3 is 6.09 Å². The van der Waals surface area contributed by atoms with E-state index in [4.69, 9.17) is 21.1 Å². The van der Waals surface area contributed by atoms with Crippen molar-refractivity contribution in [3.8, 4) is 16.9 Å². The molecule has 6 rings (SSSR count). The molecule has 0 spiro atoms. The number of alkyl carbamates (subject to hydrolysis) is 1. The number of carbonyl (C=O) groups excluding carboxylic acids is 2. The highest BCUT2D eigenvalue weighted by Crippen LogP contribution is 2.33. The van der Waals surface area contributed by atoms with Crippen molar-refractivity contribution in [1.82, 2.24) is 25.2 Å². The average molecular weight is 671 g/mol. The Kier molecular flexibility index (Phi) is 9.49. The zero-order valence-corrected chi connectivity index (χ0v) is 27.6. The Bertz CT molecular complexity index is 1950.